The summed E-state index contributed by atoms with van der Waals surface area (Å²) < 4.78 is 1.12. The predicted octanol–water partition coefficient (Wildman–Crippen LogP) is 2.62. The van der Waals surface area contributed by atoms with Gasteiger partial charge < -0.3 is 5.32 Å². The van der Waals surface area contributed by atoms with Gasteiger partial charge in [-0.1, -0.05) is 6.07 Å². The molecule has 0 aliphatic heterocycles. The minimum Gasteiger partial charge on any atom is -0.346 e. The van der Waals surface area contributed by atoms with E-state index in [1.54, 1.807) is 23.6 Å². The molecule has 0 spiro atoms. The van der Waals surface area contributed by atoms with E-state index >= 15 is 0 Å². The Bertz CT molecular complexity index is 709. The predicted molar refractivity (Wildman–Crippen MR) is 75.0 cm³/mol. The molecule has 19 heavy (non-hydrogen) atoms. The molecule has 0 bridgehead atoms. The van der Waals surface area contributed by atoms with Gasteiger partial charge in [0.1, 0.15) is 6.33 Å². The van der Waals surface area contributed by atoms with E-state index in [0.29, 0.717) is 12.1 Å². The summed E-state index contributed by atoms with van der Waals surface area (Å²) in [7, 11) is 0. The van der Waals surface area contributed by atoms with E-state index in [9.17, 15) is 4.79 Å². The third-order valence-corrected chi connectivity index (χ3v) is 3.67. The highest BCUT2D eigenvalue weighted by atomic mass is 32.1. The number of nitrogens with one attached hydrogen (secondary N) is 1. The zero-order valence-electron chi connectivity index (χ0n) is 10.0. The minimum absolute atomic E-state index is 0.0890. The molecule has 3 rings (SSSR count). The summed E-state index contributed by atoms with van der Waals surface area (Å²) in [6.45, 7) is 0.407. The van der Waals surface area contributed by atoms with Gasteiger partial charge in [-0.2, -0.15) is 0 Å². The van der Waals surface area contributed by atoms with Crippen LogP contribution in [0.25, 0.3) is 10.1 Å². The quantitative estimate of drug-likeness (QED) is 0.795. The lowest BCUT2D eigenvalue weighted by molar-refractivity contribution is 0.0950. The van der Waals surface area contributed by atoms with Crippen LogP contribution in [0.3, 0.4) is 0 Å². The Morgan fingerprint density at radius 3 is 3.05 bits per heavy atom. The number of carbonyl (C=O) groups is 1. The van der Waals surface area contributed by atoms with Gasteiger partial charge in [0.15, 0.2) is 0 Å². The van der Waals surface area contributed by atoms with Crippen molar-refractivity contribution in [3.63, 3.8) is 0 Å². The first-order valence-electron chi connectivity index (χ1n) is 5.83. The molecule has 1 aromatic carbocycles. The molecule has 1 N–H and O–H groups in total. The number of amides is 1. The molecule has 3 aromatic rings. The SMILES string of the molecule is O=C(NCc1ccncn1)c1ccc2ccsc2c1. The van der Waals surface area contributed by atoms with E-state index in [1.807, 2.05) is 29.6 Å². The Labute approximate surface area is 114 Å². The van der Waals surface area contributed by atoms with Gasteiger partial charge >= 0.3 is 0 Å². The molecule has 5 heteroatoms. The zero-order valence-corrected chi connectivity index (χ0v) is 10.9. The first-order valence-corrected chi connectivity index (χ1v) is 6.71. The number of aromatic nitrogens is 2. The van der Waals surface area contributed by atoms with E-state index in [-0.39, 0.29) is 5.91 Å². The molecular formula is C14H11N3OS. The summed E-state index contributed by atoms with van der Waals surface area (Å²) in [5.74, 6) is -0.0890. The number of nitrogens with zero attached hydrogens (tertiary/aromatic N) is 2. The lowest BCUT2D eigenvalue weighted by atomic mass is 10.1. The summed E-state index contributed by atoms with van der Waals surface area (Å²) >= 11 is 1.63. The molecule has 94 valence electrons. The Morgan fingerprint density at radius 2 is 2.21 bits per heavy atom. The molecule has 0 unspecified atom stereocenters. The lowest BCUT2D eigenvalue weighted by Gasteiger charge is -2.04. The average molecular weight is 269 g/mol. The highest BCUT2D eigenvalue weighted by Crippen LogP contribution is 2.21. The van der Waals surface area contributed by atoms with Crippen LogP contribution in [-0.2, 0) is 6.54 Å². The number of hydrogen-bond acceptors (Lipinski definition) is 4. The lowest BCUT2D eigenvalue weighted by Crippen LogP contribution is -2.23. The van der Waals surface area contributed by atoms with Gasteiger partial charge in [0, 0.05) is 16.5 Å². The molecule has 0 saturated heterocycles. The summed E-state index contributed by atoms with van der Waals surface area (Å²) in [5, 5.41) is 6.03. The van der Waals surface area contributed by atoms with Crippen molar-refractivity contribution in [3.8, 4) is 0 Å². The first-order chi connectivity index (χ1) is 9.33. The van der Waals surface area contributed by atoms with Crippen LogP contribution in [0.1, 0.15) is 16.1 Å². The van der Waals surface area contributed by atoms with E-state index in [2.05, 4.69) is 15.3 Å². The van der Waals surface area contributed by atoms with Crippen LogP contribution in [0.5, 0.6) is 0 Å². The number of hydrogen-bond donors (Lipinski definition) is 1. The van der Waals surface area contributed by atoms with E-state index in [4.69, 9.17) is 0 Å². The molecule has 0 atom stereocenters. The largest absolute Gasteiger partial charge is 0.346 e. The Balaban J connectivity index is 1.73. The molecule has 4 nitrogen and oxygen atoms in total. The number of rotatable bonds is 3. The second kappa shape index (κ2) is 5.16. The van der Waals surface area contributed by atoms with Crippen molar-refractivity contribution in [2.75, 3.05) is 0 Å². The van der Waals surface area contributed by atoms with Gasteiger partial charge in [-0.3, -0.25) is 4.79 Å². The van der Waals surface area contributed by atoms with Gasteiger partial charge in [-0.25, -0.2) is 9.97 Å². The van der Waals surface area contributed by atoms with Crippen LogP contribution in [0.4, 0.5) is 0 Å². The molecule has 0 fully saturated rings. The normalized spacial score (nSPS) is 10.5. The second-order valence-corrected chi connectivity index (χ2v) is 5.00. The second-order valence-electron chi connectivity index (χ2n) is 4.06. The van der Waals surface area contributed by atoms with Gasteiger partial charge in [0.25, 0.3) is 5.91 Å². The molecule has 2 aromatic heterocycles. The average Bonchev–Trinajstić information content (AvgIpc) is 2.93. The highest BCUT2D eigenvalue weighted by molar-refractivity contribution is 7.17. The van der Waals surface area contributed by atoms with E-state index in [1.165, 1.54) is 6.33 Å². The number of benzene rings is 1. The highest BCUT2D eigenvalue weighted by Gasteiger charge is 2.06. The Hall–Kier alpha value is -2.27. The Kier molecular flexibility index (Phi) is 3.20. The number of fused-ring (bicyclic) bond motifs is 1. The summed E-state index contributed by atoms with van der Waals surface area (Å²) in [5.41, 5.74) is 1.46. The number of carbonyl (C=O) groups excluding carboxylic acids is 1. The summed E-state index contributed by atoms with van der Waals surface area (Å²) in [6.07, 6.45) is 3.13. The van der Waals surface area contributed by atoms with Crippen molar-refractivity contribution in [1.29, 1.82) is 0 Å². The van der Waals surface area contributed by atoms with Crippen LogP contribution in [0.2, 0.25) is 0 Å². The molecule has 0 aliphatic rings. The van der Waals surface area contributed by atoms with Gasteiger partial charge in [-0.15, -0.1) is 11.3 Å². The van der Waals surface area contributed by atoms with Crippen molar-refractivity contribution in [2.24, 2.45) is 0 Å². The van der Waals surface area contributed by atoms with Crippen molar-refractivity contribution >= 4 is 27.3 Å². The monoisotopic (exact) mass is 269 g/mol. The molecule has 0 radical (unpaired) electrons. The van der Waals surface area contributed by atoms with Gasteiger partial charge in [0.2, 0.25) is 0 Å². The van der Waals surface area contributed by atoms with E-state index < -0.39 is 0 Å². The van der Waals surface area contributed by atoms with Crippen molar-refractivity contribution in [1.82, 2.24) is 15.3 Å². The van der Waals surface area contributed by atoms with Crippen molar-refractivity contribution in [2.45, 2.75) is 6.54 Å². The van der Waals surface area contributed by atoms with Crippen LogP contribution >= 0.6 is 11.3 Å². The Morgan fingerprint density at radius 1 is 1.26 bits per heavy atom. The molecular weight excluding hydrogens is 258 g/mol. The fraction of sp³-hybridized carbons (Fsp3) is 0.0714. The summed E-state index contributed by atoms with van der Waals surface area (Å²) in [6, 6.07) is 9.54. The molecule has 0 aliphatic carbocycles. The standard InChI is InChI=1S/C14H11N3OS/c18-14(16-8-12-3-5-15-9-17-12)11-2-1-10-4-6-19-13(10)7-11/h1-7,9H,8H2,(H,16,18). The topological polar surface area (TPSA) is 54.9 Å². The van der Waals surface area contributed by atoms with Crippen LogP contribution in [0.15, 0.2) is 48.2 Å². The maximum absolute atomic E-state index is 12.0. The van der Waals surface area contributed by atoms with E-state index in [0.717, 1.165) is 15.8 Å². The third-order valence-electron chi connectivity index (χ3n) is 2.79. The van der Waals surface area contributed by atoms with Crippen molar-refractivity contribution in [3.05, 3.63) is 59.5 Å². The zero-order chi connectivity index (χ0) is 13.1. The van der Waals surface area contributed by atoms with Gasteiger partial charge in [-0.05, 0) is 35.0 Å². The summed E-state index contributed by atoms with van der Waals surface area (Å²) in [4.78, 5) is 19.9. The maximum Gasteiger partial charge on any atom is 0.251 e. The molecule has 1 amide bonds. The van der Waals surface area contributed by atoms with Gasteiger partial charge in [0.05, 0.1) is 12.2 Å². The van der Waals surface area contributed by atoms with Crippen molar-refractivity contribution < 1.29 is 4.79 Å². The molecule has 2 heterocycles. The molecule has 0 saturated carbocycles. The fourth-order valence-electron chi connectivity index (χ4n) is 1.79. The number of thiophene rings is 1. The minimum atomic E-state index is -0.0890. The fourth-order valence-corrected chi connectivity index (χ4v) is 2.62. The first kappa shape index (κ1) is 11.8. The maximum atomic E-state index is 12.0. The van der Waals surface area contributed by atoms with Crippen LogP contribution in [0, 0.1) is 0 Å². The third kappa shape index (κ3) is 2.61. The smallest absolute Gasteiger partial charge is 0.251 e. The van der Waals surface area contributed by atoms with Crippen LogP contribution in [-0.4, -0.2) is 15.9 Å². The van der Waals surface area contributed by atoms with Crippen LogP contribution < -0.4 is 5.32 Å².